The predicted octanol–water partition coefficient (Wildman–Crippen LogP) is 3.97. The van der Waals surface area contributed by atoms with Crippen LogP contribution in [0.1, 0.15) is 63.2 Å². The Labute approximate surface area is 149 Å². The Hall–Kier alpha value is -1.63. The molecule has 0 bridgehead atoms. The number of carbonyl (C=O) groups is 1. The molecule has 25 heavy (non-hydrogen) atoms. The van der Waals surface area contributed by atoms with E-state index in [-0.39, 0.29) is 18.1 Å². The molecule has 1 aromatic carbocycles. The average molecular weight is 352 g/mol. The summed E-state index contributed by atoms with van der Waals surface area (Å²) in [6, 6.07) is 5.84. The summed E-state index contributed by atoms with van der Waals surface area (Å²) in [5, 5.41) is 9.24. The van der Waals surface area contributed by atoms with E-state index in [1.54, 1.807) is 13.8 Å². The van der Waals surface area contributed by atoms with Crippen LogP contribution in [0.5, 0.6) is 5.75 Å². The van der Waals surface area contributed by atoms with E-state index in [1.807, 2.05) is 6.92 Å². The van der Waals surface area contributed by atoms with Gasteiger partial charge in [-0.2, -0.15) is 0 Å². The summed E-state index contributed by atoms with van der Waals surface area (Å²) < 4.78 is 22.3. The van der Waals surface area contributed by atoms with Gasteiger partial charge in [0.25, 0.3) is 0 Å². The van der Waals surface area contributed by atoms with Crippen molar-refractivity contribution in [2.75, 3.05) is 0 Å². The number of ether oxygens (including phenoxy) is 4. The summed E-state index contributed by atoms with van der Waals surface area (Å²) >= 11 is 0. The molecule has 0 spiro atoms. The molecule has 6 nitrogen and oxygen atoms in total. The van der Waals surface area contributed by atoms with Gasteiger partial charge in [-0.15, -0.1) is 0 Å². The van der Waals surface area contributed by atoms with Crippen LogP contribution in [0.25, 0.3) is 0 Å². The Kier molecular flexibility index (Phi) is 7.68. The highest BCUT2D eigenvalue weighted by Gasteiger charge is 2.20. The lowest BCUT2D eigenvalue weighted by molar-refractivity contribution is -0.279. The Morgan fingerprint density at radius 3 is 2.20 bits per heavy atom. The van der Waals surface area contributed by atoms with E-state index >= 15 is 0 Å². The average Bonchev–Trinajstić information content (AvgIpc) is 2.55. The molecule has 3 unspecified atom stereocenters. The quantitative estimate of drug-likeness (QED) is 0.564. The summed E-state index contributed by atoms with van der Waals surface area (Å²) in [6.07, 6.45) is 4.37. The molecule has 0 amide bonds. The molecule has 0 aliphatic heterocycles. The first-order valence-corrected chi connectivity index (χ1v) is 8.90. The van der Waals surface area contributed by atoms with Crippen molar-refractivity contribution in [2.45, 2.75) is 77.8 Å². The van der Waals surface area contributed by atoms with Gasteiger partial charge in [-0.25, -0.2) is 4.79 Å². The van der Waals surface area contributed by atoms with Gasteiger partial charge in [-0.05, 0) is 57.9 Å². The summed E-state index contributed by atoms with van der Waals surface area (Å²) in [5.41, 5.74) is 0.343. The van der Waals surface area contributed by atoms with Crippen molar-refractivity contribution < 1.29 is 28.8 Å². The molecule has 6 heteroatoms. The Morgan fingerprint density at radius 1 is 0.960 bits per heavy atom. The number of aromatic hydroxyl groups is 1. The summed E-state index contributed by atoms with van der Waals surface area (Å²) in [5.74, 6) is -0.430. The second kappa shape index (κ2) is 9.75. The molecule has 1 aliphatic carbocycles. The lowest BCUT2D eigenvalue weighted by Crippen LogP contribution is -2.31. The molecule has 0 saturated heterocycles. The van der Waals surface area contributed by atoms with Crippen LogP contribution in [0.2, 0.25) is 0 Å². The fraction of sp³-hybridized carbons (Fsp3) is 0.632. The minimum Gasteiger partial charge on any atom is -0.508 e. The van der Waals surface area contributed by atoms with Gasteiger partial charge in [-0.3, -0.25) is 0 Å². The van der Waals surface area contributed by atoms with Gasteiger partial charge < -0.3 is 24.1 Å². The SMILES string of the molecule is CC(OC(=O)c1ccc(O)cc1)OC(C)OC(C)OC1CCCCC1. The monoisotopic (exact) mass is 352 g/mol. The number of esters is 1. The van der Waals surface area contributed by atoms with E-state index in [0.717, 1.165) is 12.8 Å². The number of phenolic OH excluding ortho intramolecular Hbond substituents is 1. The molecule has 140 valence electrons. The highest BCUT2D eigenvalue weighted by Crippen LogP contribution is 2.22. The zero-order valence-electron chi connectivity index (χ0n) is 15.1. The second-order valence-corrected chi connectivity index (χ2v) is 6.32. The molecule has 3 atom stereocenters. The van der Waals surface area contributed by atoms with Crippen LogP contribution in [0, 0.1) is 0 Å². The Morgan fingerprint density at radius 2 is 1.56 bits per heavy atom. The summed E-state index contributed by atoms with van der Waals surface area (Å²) in [6.45, 7) is 5.22. The van der Waals surface area contributed by atoms with Crippen molar-refractivity contribution in [1.29, 1.82) is 0 Å². The van der Waals surface area contributed by atoms with E-state index in [2.05, 4.69) is 0 Å². The van der Waals surface area contributed by atoms with Gasteiger partial charge >= 0.3 is 5.97 Å². The highest BCUT2D eigenvalue weighted by atomic mass is 16.8. The van der Waals surface area contributed by atoms with Crippen LogP contribution in [-0.4, -0.2) is 36.0 Å². The maximum absolute atomic E-state index is 12.0. The van der Waals surface area contributed by atoms with Crippen molar-refractivity contribution in [3.63, 3.8) is 0 Å². The number of hydrogen-bond acceptors (Lipinski definition) is 6. The normalized spacial score (nSPS) is 19.2. The predicted molar refractivity (Wildman–Crippen MR) is 92.0 cm³/mol. The van der Waals surface area contributed by atoms with Gasteiger partial charge in [0, 0.05) is 0 Å². The molecule has 1 fully saturated rings. The fourth-order valence-electron chi connectivity index (χ4n) is 2.92. The minimum absolute atomic E-state index is 0.0924. The molecular formula is C19H28O6. The van der Waals surface area contributed by atoms with Crippen LogP contribution in [0.15, 0.2) is 24.3 Å². The van der Waals surface area contributed by atoms with E-state index in [4.69, 9.17) is 18.9 Å². The first-order chi connectivity index (χ1) is 11.9. The molecular weight excluding hydrogens is 324 g/mol. The maximum Gasteiger partial charge on any atom is 0.340 e. The zero-order chi connectivity index (χ0) is 18.2. The van der Waals surface area contributed by atoms with Crippen molar-refractivity contribution in [3.8, 4) is 5.75 Å². The molecule has 1 aromatic rings. The van der Waals surface area contributed by atoms with Crippen molar-refractivity contribution >= 4 is 5.97 Å². The number of carbonyl (C=O) groups excluding carboxylic acids is 1. The largest absolute Gasteiger partial charge is 0.508 e. The lowest BCUT2D eigenvalue weighted by Gasteiger charge is -2.28. The molecule has 0 heterocycles. The lowest BCUT2D eigenvalue weighted by atomic mass is 9.98. The summed E-state index contributed by atoms with van der Waals surface area (Å²) in [7, 11) is 0. The van der Waals surface area contributed by atoms with E-state index in [0.29, 0.717) is 5.56 Å². The number of rotatable bonds is 8. The molecule has 0 radical (unpaired) electrons. The molecule has 1 N–H and O–H groups in total. The van der Waals surface area contributed by atoms with Gasteiger partial charge in [0.05, 0.1) is 11.7 Å². The van der Waals surface area contributed by atoms with Crippen molar-refractivity contribution in [3.05, 3.63) is 29.8 Å². The minimum atomic E-state index is -0.766. The van der Waals surface area contributed by atoms with E-state index in [1.165, 1.54) is 43.5 Å². The third kappa shape index (κ3) is 7.02. The fourth-order valence-corrected chi connectivity index (χ4v) is 2.92. The Balaban J connectivity index is 1.70. The number of benzene rings is 1. The van der Waals surface area contributed by atoms with Crippen molar-refractivity contribution in [1.82, 2.24) is 0 Å². The first-order valence-electron chi connectivity index (χ1n) is 8.90. The first kappa shape index (κ1) is 19.7. The van der Waals surface area contributed by atoms with Crippen LogP contribution in [0.4, 0.5) is 0 Å². The van der Waals surface area contributed by atoms with Crippen LogP contribution < -0.4 is 0 Å². The number of hydrogen-bond donors (Lipinski definition) is 1. The smallest absolute Gasteiger partial charge is 0.340 e. The zero-order valence-corrected chi connectivity index (χ0v) is 15.1. The number of phenols is 1. The van der Waals surface area contributed by atoms with Gasteiger partial charge in [0.15, 0.2) is 12.6 Å². The van der Waals surface area contributed by atoms with Crippen LogP contribution in [-0.2, 0) is 18.9 Å². The third-order valence-corrected chi connectivity index (χ3v) is 4.08. The van der Waals surface area contributed by atoms with Gasteiger partial charge in [0.1, 0.15) is 5.75 Å². The Bertz CT molecular complexity index is 523. The van der Waals surface area contributed by atoms with Crippen LogP contribution >= 0.6 is 0 Å². The topological polar surface area (TPSA) is 74.2 Å². The van der Waals surface area contributed by atoms with Gasteiger partial charge in [-0.1, -0.05) is 19.3 Å². The van der Waals surface area contributed by atoms with Gasteiger partial charge in [0.2, 0.25) is 6.29 Å². The van der Waals surface area contributed by atoms with Crippen molar-refractivity contribution in [2.24, 2.45) is 0 Å². The highest BCUT2D eigenvalue weighted by molar-refractivity contribution is 5.89. The standard InChI is InChI=1S/C19H28O6/c1-13(22-14(2)24-18-7-5-4-6-8-18)23-15(3)25-19(21)16-9-11-17(20)12-10-16/h9-15,18,20H,4-8H2,1-3H3. The molecule has 2 rings (SSSR count). The third-order valence-electron chi connectivity index (χ3n) is 4.08. The van der Waals surface area contributed by atoms with Crippen LogP contribution in [0.3, 0.4) is 0 Å². The second-order valence-electron chi connectivity index (χ2n) is 6.32. The van der Waals surface area contributed by atoms with E-state index < -0.39 is 18.5 Å². The molecule has 1 saturated carbocycles. The molecule has 1 aliphatic rings. The van der Waals surface area contributed by atoms with E-state index in [9.17, 15) is 9.90 Å². The maximum atomic E-state index is 12.0. The summed E-state index contributed by atoms with van der Waals surface area (Å²) in [4.78, 5) is 12.0. The molecule has 0 aromatic heterocycles.